The van der Waals surface area contributed by atoms with E-state index in [4.69, 9.17) is 11.5 Å². The van der Waals surface area contributed by atoms with Crippen molar-refractivity contribution in [2.24, 2.45) is 40.6 Å². The number of nitrogens with two attached hydrogens (primary N) is 2. The number of carbonyl (C=O) groups excluding carboxylic acids is 1. The lowest BCUT2D eigenvalue weighted by Gasteiger charge is -2.48. The first-order valence-electron chi connectivity index (χ1n) is 9.42. The quantitative estimate of drug-likeness (QED) is 0.810. The number of hydrogen-bond donors (Lipinski definition) is 2. The van der Waals surface area contributed by atoms with Crippen LogP contribution in [0.3, 0.4) is 0 Å². The fraction of sp³-hybridized carbons (Fsp3) is 0.947. The van der Waals surface area contributed by atoms with Crippen LogP contribution in [0.1, 0.15) is 78.6 Å². The zero-order chi connectivity index (χ0) is 16.3. The van der Waals surface area contributed by atoms with Crippen molar-refractivity contribution in [3.8, 4) is 0 Å². The molecule has 3 heteroatoms. The van der Waals surface area contributed by atoms with Crippen LogP contribution in [-0.2, 0) is 4.79 Å². The minimum absolute atomic E-state index is 0.0935. The molecule has 0 spiro atoms. The summed E-state index contributed by atoms with van der Waals surface area (Å²) in [5.74, 6) is 1.98. The maximum atomic E-state index is 12.5. The Morgan fingerprint density at radius 1 is 1.14 bits per heavy atom. The Labute approximate surface area is 136 Å². The number of rotatable bonds is 5. The third-order valence-corrected chi connectivity index (χ3v) is 6.54. The number of primary amides is 1. The topological polar surface area (TPSA) is 69.1 Å². The molecule has 0 aliphatic heterocycles. The molecule has 2 rings (SSSR count). The Morgan fingerprint density at radius 2 is 1.77 bits per heavy atom. The van der Waals surface area contributed by atoms with Gasteiger partial charge in [-0.15, -0.1) is 0 Å². The molecule has 3 unspecified atom stereocenters. The normalized spacial score (nSPS) is 35.5. The molecule has 22 heavy (non-hydrogen) atoms. The van der Waals surface area contributed by atoms with Crippen molar-refractivity contribution < 1.29 is 4.79 Å². The molecule has 0 aromatic rings. The molecule has 3 nitrogen and oxygen atoms in total. The van der Waals surface area contributed by atoms with Gasteiger partial charge in [0, 0.05) is 6.04 Å². The van der Waals surface area contributed by atoms with Gasteiger partial charge in [0.25, 0.3) is 0 Å². The van der Waals surface area contributed by atoms with Crippen LogP contribution >= 0.6 is 0 Å². The summed E-state index contributed by atoms with van der Waals surface area (Å²) in [6.07, 6.45) is 10.5. The first kappa shape index (κ1) is 17.8. The first-order chi connectivity index (χ1) is 10.4. The largest absolute Gasteiger partial charge is 0.369 e. The number of amides is 1. The monoisotopic (exact) mass is 308 g/mol. The second-order valence-corrected chi connectivity index (χ2v) is 8.52. The molecule has 2 aliphatic rings. The van der Waals surface area contributed by atoms with Crippen LogP contribution in [0, 0.1) is 29.1 Å². The minimum atomic E-state index is -0.372. The molecule has 4 N–H and O–H groups in total. The lowest BCUT2D eigenvalue weighted by molar-refractivity contribution is -0.138. The summed E-state index contributed by atoms with van der Waals surface area (Å²) in [4.78, 5) is 12.5. The van der Waals surface area contributed by atoms with Gasteiger partial charge in [0.1, 0.15) is 0 Å². The highest BCUT2D eigenvalue weighted by Gasteiger charge is 2.49. The Bertz CT molecular complexity index is 376. The van der Waals surface area contributed by atoms with Crippen LogP contribution in [0.15, 0.2) is 0 Å². The molecule has 2 fully saturated rings. The molecule has 1 amide bonds. The maximum absolute atomic E-state index is 12.5. The molecule has 0 saturated heterocycles. The highest BCUT2D eigenvalue weighted by atomic mass is 16.1. The predicted molar refractivity (Wildman–Crippen MR) is 92.1 cm³/mol. The molecular formula is C19H36N2O. The van der Waals surface area contributed by atoms with Crippen molar-refractivity contribution in [2.75, 3.05) is 0 Å². The van der Waals surface area contributed by atoms with Crippen LogP contribution in [0.25, 0.3) is 0 Å². The summed E-state index contributed by atoms with van der Waals surface area (Å²) in [5.41, 5.74) is 12.2. The highest BCUT2D eigenvalue weighted by Crippen LogP contribution is 2.50. The lowest BCUT2D eigenvalue weighted by Crippen LogP contribution is -2.52. The van der Waals surface area contributed by atoms with Gasteiger partial charge < -0.3 is 11.5 Å². The summed E-state index contributed by atoms with van der Waals surface area (Å²) >= 11 is 0. The second-order valence-electron chi connectivity index (χ2n) is 8.52. The van der Waals surface area contributed by atoms with E-state index in [1.54, 1.807) is 0 Å². The molecule has 0 radical (unpaired) electrons. The molecule has 4 atom stereocenters. The van der Waals surface area contributed by atoms with E-state index in [1.807, 2.05) is 0 Å². The van der Waals surface area contributed by atoms with Crippen molar-refractivity contribution in [1.29, 1.82) is 0 Å². The third-order valence-electron chi connectivity index (χ3n) is 6.54. The zero-order valence-corrected chi connectivity index (χ0v) is 14.8. The zero-order valence-electron chi connectivity index (χ0n) is 14.8. The van der Waals surface area contributed by atoms with Crippen LogP contribution in [0.2, 0.25) is 0 Å². The minimum Gasteiger partial charge on any atom is -0.369 e. The molecule has 0 aromatic heterocycles. The van der Waals surface area contributed by atoms with Crippen molar-refractivity contribution in [3.05, 3.63) is 0 Å². The lowest BCUT2D eigenvalue weighted by atomic mass is 9.56. The number of carbonyl (C=O) groups is 1. The fourth-order valence-corrected chi connectivity index (χ4v) is 5.36. The Morgan fingerprint density at radius 3 is 2.32 bits per heavy atom. The molecule has 128 valence electrons. The molecular weight excluding hydrogens is 272 g/mol. The van der Waals surface area contributed by atoms with Gasteiger partial charge in [-0.3, -0.25) is 4.79 Å². The summed E-state index contributed by atoms with van der Waals surface area (Å²) in [5, 5.41) is 0. The smallest absolute Gasteiger partial charge is 0.223 e. The molecule has 2 aliphatic carbocycles. The molecule has 0 bridgehead atoms. The van der Waals surface area contributed by atoms with Gasteiger partial charge in [0.05, 0.1) is 5.41 Å². The van der Waals surface area contributed by atoms with E-state index in [0.29, 0.717) is 23.7 Å². The Kier molecular flexibility index (Phi) is 5.93. The van der Waals surface area contributed by atoms with Crippen LogP contribution in [-0.4, -0.2) is 11.9 Å². The van der Waals surface area contributed by atoms with E-state index >= 15 is 0 Å². The van der Waals surface area contributed by atoms with Crippen LogP contribution in [0.4, 0.5) is 0 Å². The van der Waals surface area contributed by atoms with Crippen LogP contribution in [0.5, 0.6) is 0 Å². The van der Waals surface area contributed by atoms with E-state index in [2.05, 4.69) is 20.8 Å². The average molecular weight is 309 g/mol. The van der Waals surface area contributed by atoms with Crippen LogP contribution < -0.4 is 11.5 Å². The maximum Gasteiger partial charge on any atom is 0.223 e. The third kappa shape index (κ3) is 3.67. The predicted octanol–water partition coefficient (Wildman–Crippen LogP) is 3.85. The van der Waals surface area contributed by atoms with E-state index in [9.17, 15) is 4.79 Å². The second kappa shape index (κ2) is 7.33. The molecule has 2 saturated carbocycles. The van der Waals surface area contributed by atoms with E-state index in [-0.39, 0.29) is 17.4 Å². The van der Waals surface area contributed by atoms with E-state index in [0.717, 1.165) is 19.3 Å². The van der Waals surface area contributed by atoms with Gasteiger partial charge in [0.2, 0.25) is 5.91 Å². The van der Waals surface area contributed by atoms with Crippen molar-refractivity contribution >= 4 is 5.91 Å². The SMILES string of the molecule is CC1CCC(C(C)C)C(C[C@H](N)C2CCCCC2)(C(N)=O)C1. The highest BCUT2D eigenvalue weighted by molar-refractivity contribution is 5.81. The average Bonchev–Trinajstić information content (AvgIpc) is 2.47. The van der Waals surface area contributed by atoms with E-state index in [1.165, 1.54) is 38.5 Å². The first-order valence-corrected chi connectivity index (χ1v) is 9.42. The van der Waals surface area contributed by atoms with Crippen molar-refractivity contribution in [1.82, 2.24) is 0 Å². The Hall–Kier alpha value is -0.570. The van der Waals surface area contributed by atoms with Gasteiger partial charge in [-0.05, 0) is 55.8 Å². The van der Waals surface area contributed by atoms with Gasteiger partial charge in [-0.25, -0.2) is 0 Å². The summed E-state index contributed by atoms with van der Waals surface area (Å²) < 4.78 is 0. The van der Waals surface area contributed by atoms with E-state index < -0.39 is 0 Å². The summed E-state index contributed by atoms with van der Waals surface area (Å²) in [7, 11) is 0. The summed E-state index contributed by atoms with van der Waals surface area (Å²) in [6.45, 7) is 6.75. The molecule has 0 heterocycles. The Balaban J connectivity index is 2.19. The van der Waals surface area contributed by atoms with Gasteiger partial charge >= 0.3 is 0 Å². The molecule has 0 aromatic carbocycles. The van der Waals surface area contributed by atoms with Gasteiger partial charge in [-0.1, -0.05) is 46.5 Å². The van der Waals surface area contributed by atoms with Crippen molar-refractivity contribution in [2.45, 2.75) is 84.6 Å². The fourth-order valence-electron chi connectivity index (χ4n) is 5.36. The van der Waals surface area contributed by atoms with Gasteiger partial charge in [-0.2, -0.15) is 0 Å². The van der Waals surface area contributed by atoms with Crippen molar-refractivity contribution in [3.63, 3.8) is 0 Å². The van der Waals surface area contributed by atoms with Gasteiger partial charge in [0.15, 0.2) is 0 Å². The summed E-state index contributed by atoms with van der Waals surface area (Å²) in [6, 6.07) is 0.138. The number of hydrogen-bond acceptors (Lipinski definition) is 2. The standard InChI is InChI=1S/C19H36N2O/c1-13(2)16-10-9-14(3)11-19(16,18(21)22)12-17(20)15-7-5-4-6-8-15/h13-17H,4-12,20H2,1-3H3,(H2,21,22)/t14?,16?,17-,19?/m0/s1.